The second-order valence-corrected chi connectivity index (χ2v) is 6.17. The number of halogens is 2. The highest BCUT2D eigenvalue weighted by molar-refractivity contribution is 6.42. The van der Waals surface area contributed by atoms with Crippen LogP contribution in [0, 0.1) is 0 Å². The zero-order valence-electron chi connectivity index (χ0n) is 12.0. The van der Waals surface area contributed by atoms with Gasteiger partial charge in [-0.3, -0.25) is 4.90 Å². The van der Waals surface area contributed by atoms with E-state index in [0.29, 0.717) is 22.5 Å². The molecule has 1 saturated heterocycles. The second kappa shape index (κ2) is 6.84. The molecule has 0 radical (unpaired) electrons. The fraction of sp³-hybridized carbons (Fsp3) is 0.312. The van der Waals surface area contributed by atoms with Crippen LogP contribution in [0.2, 0.25) is 10.0 Å². The predicted octanol–water partition coefficient (Wildman–Crippen LogP) is 3.54. The van der Waals surface area contributed by atoms with Crippen LogP contribution in [-0.4, -0.2) is 29.6 Å². The Morgan fingerprint density at radius 3 is 2.86 bits per heavy atom. The minimum Gasteiger partial charge on any atom is -0.384 e. The Kier molecular flexibility index (Phi) is 4.84. The number of rotatable bonds is 3. The number of nitrogen functional groups attached to an aromatic ring is 1. The predicted molar refractivity (Wildman–Crippen MR) is 89.1 cm³/mol. The minimum atomic E-state index is 0.00250. The molecule has 3 rings (SSSR count). The SMILES string of the molecule is Nc1cc(CN2CCO[C@@H](c3ccc(Cl)c(Cl)c3)C2)ccn1. The zero-order chi connectivity index (χ0) is 15.5. The number of morpholine rings is 1. The number of ether oxygens (including phenoxy) is 1. The van der Waals surface area contributed by atoms with Gasteiger partial charge < -0.3 is 10.5 Å². The van der Waals surface area contributed by atoms with Gasteiger partial charge in [0.05, 0.1) is 22.8 Å². The lowest BCUT2D eigenvalue weighted by molar-refractivity contribution is -0.0329. The molecule has 2 N–H and O–H groups in total. The number of benzene rings is 1. The molecule has 0 aliphatic carbocycles. The minimum absolute atomic E-state index is 0.00250. The summed E-state index contributed by atoms with van der Waals surface area (Å²) in [5.41, 5.74) is 7.94. The van der Waals surface area contributed by atoms with Gasteiger partial charge in [0.15, 0.2) is 0 Å². The molecule has 1 aliphatic heterocycles. The highest BCUT2D eigenvalue weighted by Crippen LogP contribution is 2.29. The number of pyridine rings is 1. The maximum atomic E-state index is 6.09. The van der Waals surface area contributed by atoms with Crippen molar-refractivity contribution in [2.75, 3.05) is 25.4 Å². The zero-order valence-corrected chi connectivity index (χ0v) is 13.5. The Labute approximate surface area is 139 Å². The summed E-state index contributed by atoms with van der Waals surface area (Å²) in [5.74, 6) is 0.548. The summed E-state index contributed by atoms with van der Waals surface area (Å²) >= 11 is 12.1. The topological polar surface area (TPSA) is 51.4 Å². The summed E-state index contributed by atoms with van der Waals surface area (Å²) in [4.78, 5) is 6.36. The first kappa shape index (κ1) is 15.6. The van der Waals surface area contributed by atoms with Crippen LogP contribution in [0.15, 0.2) is 36.5 Å². The molecule has 22 heavy (non-hydrogen) atoms. The molecule has 116 valence electrons. The van der Waals surface area contributed by atoms with Gasteiger partial charge in [-0.1, -0.05) is 29.3 Å². The third kappa shape index (κ3) is 3.70. The van der Waals surface area contributed by atoms with Crippen molar-refractivity contribution in [2.24, 2.45) is 0 Å². The molecule has 0 unspecified atom stereocenters. The number of hydrogen-bond donors (Lipinski definition) is 1. The first-order chi connectivity index (χ1) is 10.6. The highest BCUT2D eigenvalue weighted by atomic mass is 35.5. The van der Waals surface area contributed by atoms with Crippen LogP contribution in [0.25, 0.3) is 0 Å². The molecular weight excluding hydrogens is 321 g/mol. The maximum Gasteiger partial charge on any atom is 0.123 e. The van der Waals surface area contributed by atoms with Gasteiger partial charge in [-0.2, -0.15) is 0 Å². The lowest BCUT2D eigenvalue weighted by Gasteiger charge is -2.33. The molecule has 1 fully saturated rings. The van der Waals surface area contributed by atoms with Crippen LogP contribution in [0.3, 0.4) is 0 Å². The Morgan fingerprint density at radius 1 is 1.23 bits per heavy atom. The molecule has 1 atom stereocenters. The van der Waals surface area contributed by atoms with E-state index in [1.807, 2.05) is 30.3 Å². The van der Waals surface area contributed by atoms with Gasteiger partial charge in [0.1, 0.15) is 5.82 Å². The van der Waals surface area contributed by atoms with Crippen molar-refractivity contribution in [3.8, 4) is 0 Å². The lowest BCUT2D eigenvalue weighted by Crippen LogP contribution is -2.37. The van der Waals surface area contributed by atoms with E-state index in [1.54, 1.807) is 6.20 Å². The lowest BCUT2D eigenvalue weighted by atomic mass is 10.1. The van der Waals surface area contributed by atoms with Crippen molar-refractivity contribution in [1.82, 2.24) is 9.88 Å². The molecular formula is C16H17Cl2N3O. The van der Waals surface area contributed by atoms with E-state index in [0.717, 1.165) is 30.8 Å². The Morgan fingerprint density at radius 2 is 2.09 bits per heavy atom. The Hall–Kier alpha value is -1.33. The molecule has 1 aromatic carbocycles. The van der Waals surface area contributed by atoms with Crippen molar-refractivity contribution in [3.63, 3.8) is 0 Å². The van der Waals surface area contributed by atoms with Gasteiger partial charge in [0.25, 0.3) is 0 Å². The molecule has 4 nitrogen and oxygen atoms in total. The molecule has 0 bridgehead atoms. The number of nitrogens with zero attached hydrogens (tertiary/aromatic N) is 2. The molecule has 1 aliphatic rings. The third-order valence-electron chi connectivity index (χ3n) is 3.72. The molecule has 1 aromatic heterocycles. The largest absolute Gasteiger partial charge is 0.384 e. The monoisotopic (exact) mass is 337 g/mol. The number of aromatic nitrogens is 1. The molecule has 0 amide bonds. The van der Waals surface area contributed by atoms with Gasteiger partial charge in [0.2, 0.25) is 0 Å². The summed E-state index contributed by atoms with van der Waals surface area (Å²) in [6.45, 7) is 3.21. The molecule has 2 heterocycles. The van der Waals surface area contributed by atoms with Gasteiger partial charge >= 0.3 is 0 Å². The van der Waals surface area contributed by atoms with Crippen molar-refractivity contribution >= 4 is 29.0 Å². The summed E-state index contributed by atoms with van der Waals surface area (Å²) in [6.07, 6.45) is 1.74. The Bertz CT molecular complexity index is 666. The number of hydrogen-bond acceptors (Lipinski definition) is 4. The highest BCUT2D eigenvalue weighted by Gasteiger charge is 2.22. The van der Waals surface area contributed by atoms with Gasteiger partial charge in [-0.15, -0.1) is 0 Å². The van der Waals surface area contributed by atoms with Crippen LogP contribution in [0.4, 0.5) is 5.82 Å². The molecule has 0 saturated carbocycles. The van der Waals surface area contributed by atoms with E-state index < -0.39 is 0 Å². The van der Waals surface area contributed by atoms with Crippen molar-refractivity contribution in [3.05, 3.63) is 57.7 Å². The standard InChI is InChI=1S/C16H17Cl2N3O/c17-13-2-1-12(8-14(13)18)15-10-21(5-6-22-15)9-11-3-4-20-16(19)7-11/h1-4,7-8,15H,5-6,9-10H2,(H2,19,20)/t15-/m1/s1. The third-order valence-corrected chi connectivity index (χ3v) is 4.46. The molecule has 0 spiro atoms. The second-order valence-electron chi connectivity index (χ2n) is 5.36. The van der Waals surface area contributed by atoms with E-state index in [4.69, 9.17) is 33.7 Å². The van der Waals surface area contributed by atoms with Crippen LogP contribution < -0.4 is 5.73 Å². The Balaban J connectivity index is 1.69. The summed E-state index contributed by atoms with van der Waals surface area (Å²) in [6, 6.07) is 9.55. The average molecular weight is 338 g/mol. The van der Waals surface area contributed by atoms with Gasteiger partial charge in [-0.25, -0.2) is 4.98 Å². The van der Waals surface area contributed by atoms with E-state index in [1.165, 1.54) is 0 Å². The van der Waals surface area contributed by atoms with Gasteiger partial charge in [-0.05, 0) is 35.4 Å². The van der Waals surface area contributed by atoms with E-state index in [9.17, 15) is 0 Å². The normalized spacial score (nSPS) is 19.3. The van der Waals surface area contributed by atoms with Crippen LogP contribution in [0.5, 0.6) is 0 Å². The van der Waals surface area contributed by atoms with Crippen LogP contribution >= 0.6 is 23.2 Å². The fourth-order valence-electron chi connectivity index (χ4n) is 2.61. The van der Waals surface area contributed by atoms with Crippen LogP contribution in [0.1, 0.15) is 17.2 Å². The van der Waals surface area contributed by atoms with Crippen molar-refractivity contribution < 1.29 is 4.74 Å². The van der Waals surface area contributed by atoms with Crippen LogP contribution in [-0.2, 0) is 11.3 Å². The summed E-state index contributed by atoms with van der Waals surface area (Å²) in [7, 11) is 0. The van der Waals surface area contributed by atoms with E-state index in [-0.39, 0.29) is 6.10 Å². The maximum absolute atomic E-state index is 6.09. The molecule has 2 aromatic rings. The fourth-order valence-corrected chi connectivity index (χ4v) is 2.92. The first-order valence-electron chi connectivity index (χ1n) is 7.11. The van der Waals surface area contributed by atoms with Gasteiger partial charge in [0, 0.05) is 25.8 Å². The summed E-state index contributed by atoms with van der Waals surface area (Å²) < 4.78 is 5.87. The average Bonchev–Trinajstić information content (AvgIpc) is 2.50. The van der Waals surface area contributed by atoms with E-state index >= 15 is 0 Å². The number of anilines is 1. The molecule has 6 heteroatoms. The smallest absolute Gasteiger partial charge is 0.123 e. The summed E-state index contributed by atoms with van der Waals surface area (Å²) in [5, 5.41) is 1.12. The number of nitrogens with two attached hydrogens (primary N) is 1. The van der Waals surface area contributed by atoms with Crippen molar-refractivity contribution in [2.45, 2.75) is 12.6 Å². The van der Waals surface area contributed by atoms with Crippen molar-refractivity contribution in [1.29, 1.82) is 0 Å². The first-order valence-corrected chi connectivity index (χ1v) is 7.87. The quantitative estimate of drug-likeness (QED) is 0.930. The van der Waals surface area contributed by atoms with E-state index in [2.05, 4.69) is 9.88 Å².